The van der Waals surface area contributed by atoms with Gasteiger partial charge < -0.3 is 19.7 Å². The monoisotopic (exact) mass is 267 g/mol. The molecule has 2 heterocycles. The van der Waals surface area contributed by atoms with E-state index in [-0.39, 0.29) is 6.10 Å². The molecular formula is C12H21N5O2. The zero-order valence-electron chi connectivity index (χ0n) is 11.7. The molecule has 1 saturated heterocycles. The highest BCUT2D eigenvalue weighted by molar-refractivity contribution is 5.36. The third kappa shape index (κ3) is 3.92. The van der Waals surface area contributed by atoms with Crippen molar-refractivity contribution in [3.05, 3.63) is 0 Å². The normalized spacial score (nSPS) is 18.4. The number of ether oxygens (including phenoxy) is 2. The summed E-state index contributed by atoms with van der Waals surface area (Å²) in [5, 5.41) is 3.15. The van der Waals surface area contributed by atoms with Gasteiger partial charge in [-0.1, -0.05) is 6.92 Å². The molecule has 1 aromatic rings. The molecule has 1 fully saturated rings. The second-order valence-electron chi connectivity index (χ2n) is 4.67. The molecule has 0 radical (unpaired) electrons. The van der Waals surface area contributed by atoms with Crippen LogP contribution in [-0.4, -0.2) is 54.9 Å². The number of aromatic nitrogens is 3. The highest BCUT2D eigenvalue weighted by Crippen LogP contribution is 2.17. The Kier molecular flexibility index (Phi) is 4.73. The van der Waals surface area contributed by atoms with E-state index in [4.69, 9.17) is 9.47 Å². The van der Waals surface area contributed by atoms with E-state index in [9.17, 15) is 0 Å². The Labute approximate surface area is 113 Å². The van der Waals surface area contributed by atoms with Crippen molar-refractivity contribution in [2.75, 3.05) is 44.1 Å². The highest BCUT2D eigenvalue weighted by atomic mass is 16.6. The van der Waals surface area contributed by atoms with E-state index < -0.39 is 0 Å². The second kappa shape index (κ2) is 6.51. The van der Waals surface area contributed by atoms with Crippen LogP contribution in [0.5, 0.6) is 6.01 Å². The minimum absolute atomic E-state index is 0.0384. The van der Waals surface area contributed by atoms with Crippen LogP contribution in [0.15, 0.2) is 0 Å². The van der Waals surface area contributed by atoms with Crippen molar-refractivity contribution in [2.24, 2.45) is 0 Å². The molecular weight excluding hydrogens is 246 g/mol. The van der Waals surface area contributed by atoms with Crippen LogP contribution < -0.4 is 15.0 Å². The topological polar surface area (TPSA) is 72.4 Å². The Morgan fingerprint density at radius 3 is 2.84 bits per heavy atom. The molecule has 0 amide bonds. The van der Waals surface area contributed by atoms with Gasteiger partial charge in [-0.3, -0.25) is 0 Å². The fraction of sp³-hybridized carbons (Fsp3) is 0.750. The first-order valence-electron chi connectivity index (χ1n) is 6.60. The van der Waals surface area contributed by atoms with Gasteiger partial charge in [0.15, 0.2) is 0 Å². The van der Waals surface area contributed by atoms with Crippen molar-refractivity contribution in [1.82, 2.24) is 15.0 Å². The third-order valence-corrected chi connectivity index (χ3v) is 2.70. The molecule has 0 saturated carbocycles. The van der Waals surface area contributed by atoms with Gasteiger partial charge in [-0.05, 0) is 6.42 Å². The van der Waals surface area contributed by atoms with Gasteiger partial charge in [-0.25, -0.2) is 0 Å². The summed E-state index contributed by atoms with van der Waals surface area (Å²) in [5.41, 5.74) is 0. The summed E-state index contributed by atoms with van der Waals surface area (Å²) in [5.74, 6) is 1.14. The van der Waals surface area contributed by atoms with Gasteiger partial charge >= 0.3 is 6.01 Å². The number of nitrogens with zero attached hydrogens (tertiary/aromatic N) is 4. The molecule has 7 heteroatoms. The van der Waals surface area contributed by atoms with E-state index in [0.717, 1.165) is 26.0 Å². The molecule has 1 aromatic heterocycles. The van der Waals surface area contributed by atoms with Crippen molar-refractivity contribution in [3.63, 3.8) is 0 Å². The van der Waals surface area contributed by atoms with Gasteiger partial charge in [-0.2, -0.15) is 15.0 Å². The number of anilines is 2. The lowest BCUT2D eigenvalue weighted by Gasteiger charge is -2.15. The van der Waals surface area contributed by atoms with Crippen molar-refractivity contribution in [2.45, 2.75) is 25.9 Å². The molecule has 1 aliphatic heterocycles. The summed E-state index contributed by atoms with van der Waals surface area (Å²) in [6.07, 6.45) is 1.92. The van der Waals surface area contributed by atoms with E-state index in [2.05, 4.69) is 27.2 Å². The first kappa shape index (κ1) is 13.8. The summed E-state index contributed by atoms with van der Waals surface area (Å²) in [6, 6.07) is 0.354. The molecule has 1 aliphatic rings. The summed E-state index contributed by atoms with van der Waals surface area (Å²) in [7, 11) is 3.78. The number of rotatable bonds is 6. The largest absolute Gasteiger partial charge is 0.457 e. The Bertz CT molecular complexity index is 407. The molecule has 1 atom stereocenters. The van der Waals surface area contributed by atoms with E-state index in [1.54, 1.807) is 0 Å². The Morgan fingerprint density at radius 1 is 1.37 bits per heavy atom. The van der Waals surface area contributed by atoms with E-state index in [1.807, 2.05) is 19.0 Å². The van der Waals surface area contributed by atoms with Crippen LogP contribution in [0.2, 0.25) is 0 Å². The SMILES string of the molecule is CCCNc1nc(OC2CCOC2)nc(N(C)C)n1. The first-order valence-corrected chi connectivity index (χ1v) is 6.60. The predicted molar refractivity (Wildman–Crippen MR) is 72.8 cm³/mol. The summed E-state index contributed by atoms with van der Waals surface area (Å²) >= 11 is 0. The van der Waals surface area contributed by atoms with E-state index in [0.29, 0.717) is 24.5 Å². The second-order valence-corrected chi connectivity index (χ2v) is 4.67. The average Bonchev–Trinajstić information content (AvgIpc) is 2.89. The average molecular weight is 267 g/mol. The molecule has 106 valence electrons. The molecule has 0 spiro atoms. The van der Waals surface area contributed by atoms with Crippen molar-refractivity contribution in [1.29, 1.82) is 0 Å². The van der Waals surface area contributed by atoms with Gasteiger partial charge in [0.25, 0.3) is 0 Å². The van der Waals surface area contributed by atoms with Gasteiger partial charge in [0.1, 0.15) is 6.10 Å². The predicted octanol–water partition coefficient (Wildman–Crippen LogP) is 0.927. The lowest BCUT2D eigenvalue weighted by atomic mass is 10.3. The highest BCUT2D eigenvalue weighted by Gasteiger charge is 2.19. The van der Waals surface area contributed by atoms with Crippen molar-refractivity contribution >= 4 is 11.9 Å². The standard InChI is InChI=1S/C12H21N5O2/c1-4-6-13-10-14-11(17(2)3)16-12(15-10)19-9-5-7-18-8-9/h9H,4-8H2,1-3H3,(H,13,14,15,16). The minimum atomic E-state index is 0.0384. The molecule has 19 heavy (non-hydrogen) atoms. The van der Waals surface area contributed by atoms with E-state index >= 15 is 0 Å². The summed E-state index contributed by atoms with van der Waals surface area (Å²) in [6.45, 7) is 4.25. The van der Waals surface area contributed by atoms with Crippen LogP contribution in [0.25, 0.3) is 0 Å². The maximum Gasteiger partial charge on any atom is 0.323 e. The first-order chi connectivity index (χ1) is 9.19. The molecule has 0 aliphatic carbocycles. The third-order valence-electron chi connectivity index (χ3n) is 2.70. The molecule has 0 bridgehead atoms. The van der Waals surface area contributed by atoms with Gasteiger partial charge in [0.2, 0.25) is 11.9 Å². The van der Waals surface area contributed by atoms with Crippen LogP contribution in [0.4, 0.5) is 11.9 Å². The van der Waals surface area contributed by atoms with Crippen molar-refractivity contribution in [3.8, 4) is 6.01 Å². The van der Waals surface area contributed by atoms with Crippen LogP contribution in [0, 0.1) is 0 Å². The van der Waals surface area contributed by atoms with Crippen molar-refractivity contribution < 1.29 is 9.47 Å². The maximum atomic E-state index is 5.73. The van der Waals surface area contributed by atoms with Gasteiger partial charge in [0, 0.05) is 27.1 Å². The van der Waals surface area contributed by atoms with E-state index in [1.165, 1.54) is 0 Å². The lowest BCUT2D eigenvalue weighted by Crippen LogP contribution is -2.20. The molecule has 7 nitrogen and oxygen atoms in total. The van der Waals surface area contributed by atoms with Crippen LogP contribution in [0.3, 0.4) is 0 Å². The fourth-order valence-electron chi connectivity index (χ4n) is 1.67. The molecule has 2 rings (SSSR count). The minimum Gasteiger partial charge on any atom is -0.457 e. The van der Waals surface area contributed by atoms with Gasteiger partial charge in [-0.15, -0.1) is 0 Å². The number of hydrogen-bond donors (Lipinski definition) is 1. The van der Waals surface area contributed by atoms with Crippen LogP contribution in [0.1, 0.15) is 19.8 Å². The maximum absolute atomic E-state index is 5.73. The molecule has 1 unspecified atom stereocenters. The molecule has 0 aromatic carbocycles. The fourth-order valence-corrected chi connectivity index (χ4v) is 1.67. The summed E-state index contributed by atoms with van der Waals surface area (Å²) in [4.78, 5) is 14.7. The smallest absolute Gasteiger partial charge is 0.323 e. The quantitative estimate of drug-likeness (QED) is 0.821. The zero-order valence-corrected chi connectivity index (χ0v) is 11.7. The van der Waals surface area contributed by atoms with Crippen LogP contribution >= 0.6 is 0 Å². The number of hydrogen-bond acceptors (Lipinski definition) is 7. The Hall–Kier alpha value is -1.63. The van der Waals surface area contributed by atoms with Crippen LogP contribution in [-0.2, 0) is 4.74 Å². The summed E-state index contributed by atoms with van der Waals surface area (Å²) < 4.78 is 11.0. The zero-order chi connectivity index (χ0) is 13.7. The Balaban J connectivity index is 2.12. The lowest BCUT2D eigenvalue weighted by molar-refractivity contribution is 0.134. The molecule has 1 N–H and O–H groups in total. The Morgan fingerprint density at radius 2 is 2.21 bits per heavy atom. The van der Waals surface area contributed by atoms with Gasteiger partial charge in [0.05, 0.1) is 13.2 Å². The number of nitrogens with one attached hydrogen (secondary N) is 1.